The first kappa shape index (κ1) is 14.3. The maximum atomic E-state index is 5.35. The van der Waals surface area contributed by atoms with Gasteiger partial charge in [-0.1, -0.05) is 30.3 Å². The molecule has 118 valence electrons. The minimum Gasteiger partial charge on any atom is -0.497 e. The van der Waals surface area contributed by atoms with Crippen LogP contribution in [0.1, 0.15) is 29.8 Å². The SMILES string of the molecule is COc1ccc2c3c([nH]c2c1)C(C)N(Cc1ccccc1)CC3. The largest absolute Gasteiger partial charge is 0.497 e. The number of nitrogens with one attached hydrogen (secondary N) is 1. The van der Waals surface area contributed by atoms with Crippen molar-refractivity contribution in [2.75, 3.05) is 13.7 Å². The van der Waals surface area contributed by atoms with Gasteiger partial charge in [-0.2, -0.15) is 0 Å². The van der Waals surface area contributed by atoms with Crippen LogP contribution in [0.4, 0.5) is 0 Å². The lowest BCUT2D eigenvalue weighted by Crippen LogP contribution is -2.33. The van der Waals surface area contributed by atoms with Crippen LogP contribution < -0.4 is 4.74 Å². The van der Waals surface area contributed by atoms with Crippen molar-refractivity contribution >= 4 is 10.9 Å². The molecular formula is C20H22N2O. The number of H-pyrrole nitrogens is 1. The van der Waals surface area contributed by atoms with Crippen LogP contribution in [0.15, 0.2) is 48.5 Å². The van der Waals surface area contributed by atoms with Gasteiger partial charge in [0.15, 0.2) is 0 Å². The number of methoxy groups -OCH3 is 1. The summed E-state index contributed by atoms with van der Waals surface area (Å²) in [5.74, 6) is 0.907. The first-order valence-corrected chi connectivity index (χ1v) is 8.22. The highest BCUT2D eigenvalue weighted by Crippen LogP contribution is 2.36. The van der Waals surface area contributed by atoms with Crippen molar-refractivity contribution in [2.45, 2.75) is 25.9 Å². The van der Waals surface area contributed by atoms with Crippen LogP contribution >= 0.6 is 0 Å². The van der Waals surface area contributed by atoms with Crippen molar-refractivity contribution in [2.24, 2.45) is 0 Å². The highest BCUT2D eigenvalue weighted by Gasteiger charge is 2.27. The van der Waals surface area contributed by atoms with E-state index in [0.29, 0.717) is 6.04 Å². The Kier molecular flexibility index (Phi) is 3.58. The summed E-state index contributed by atoms with van der Waals surface area (Å²) in [6.07, 6.45) is 1.10. The van der Waals surface area contributed by atoms with Gasteiger partial charge in [0.05, 0.1) is 7.11 Å². The Morgan fingerprint density at radius 1 is 1.17 bits per heavy atom. The number of aromatic nitrogens is 1. The minimum atomic E-state index is 0.400. The third-order valence-electron chi connectivity index (χ3n) is 4.99. The van der Waals surface area contributed by atoms with E-state index >= 15 is 0 Å². The zero-order valence-corrected chi connectivity index (χ0v) is 13.7. The van der Waals surface area contributed by atoms with Gasteiger partial charge in [0.2, 0.25) is 0 Å². The molecule has 0 aliphatic carbocycles. The van der Waals surface area contributed by atoms with Gasteiger partial charge in [-0.15, -0.1) is 0 Å². The molecule has 3 heteroatoms. The number of fused-ring (bicyclic) bond motifs is 3. The lowest BCUT2D eigenvalue weighted by molar-refractivity contribution is 0.187. The van der Waals surface area contributed by atoms with Gasteiger partial charge in [-0.25, -0.2) is 0 Å². The molecule has 1 aliphatic rings. The van der Waals surface area contributed by atoms with Crippen LogP contribution in [0.2, 0.25) is 0 Å². The van der Waals surface area contributed by atoms with E-state index in [0.717, 1.165) is 25.3 Å². The molecule has 0 bridgehead atoms. The van der Waals surface area contributed by atoms with E-state index < -0.39 is 0 Å². The lowest BCUT2D eigenvalue weighted by atomic mass is 9.97. The van der Waals surface area contributed by atoms with Gasteiger partial charge >= 0.3 is 0 Å². The standard InChI is InChI=1S/C20H22N2O/c1-14-20-18(17-9-8-16(23-2)12-19(17)21-20)10-11-22(14)13-15-6-4-3-5-7-15/h3-9,12,14,21H,10-11,13H2,1-2H3. The molecule has 23 heavy (non-hydrogen) atoms. The Balaban J connectivity index is 1.67. The molecule has 0 radical (unpaired) electrons. The maximum absolute atomic E-state index is 5.35. The highest BCUT2D eigenvalue weighted by atomic mass is 16.5. The predicted octanol–water partition coefficient (Wildman–Crippen LogP) is 4.30. The van der Waals surface area contributed by atoms with Crippen molar-refractivity contribution in [3.63, 3.8) is 0 Å². The summed E-state index contributed by atoms with van der Waals surface area (Å²) in [6.45, 7) is 4.40. The first-order chi connectivity index (χ1) is 11.3. The van der Waals surface area contributed by atoms with Gasteiger partial charge in [0, 0.05) is 41.8 Å². The molecule has 1 unspecified atom stereocenters. The van der Waals surface area contributed by atoms with E-state index in [-0.39, 0.29) is 0 Å². The van der Waals surface area contributed by atoms with Crippen molar-refractivity contribution in [1.29, 1.82) is 0 Å². The summed E-state index contributed by atoms with van der Waals surface area (Å²) < 4.78 is 5.35. The monoisotopic (exact) mass is 306 g/mol. The quantitative estimate of drug-likeness (QED) is 0.781. The van der Waals surface area contributed by atoms with Crippen molar-refractivity contribution in [1.82, 2.24) is 9.88 Å². The van der Waals surface area contributed by atoms with Gasteiger partial charge in [0.25, 0.3) is 0 Å². The number of hydrogen-bond donors (Lipinski definition) is 1. The molecule has 4 rings (SSSR count). The third kappa shape index (κ3) is 2.51. The van der Waals surface area contributed by atoms with Crippen LogP contribution in [-0.2, 0) is 13.0 Å². The zero-order chi connectivity index (χ0) is 15.8. The summed E-state index contributed by atoms with van der Waals surface area (Å²) in [5, 5.41) is 1.34. The number of hydrogen-bond acceptors (Lipinski definition) is 2. The Hall–Kier alpha value is -2.26. The Morgan fingerprint density at radius 2 is 2.00 bits per heavy atom. The van der Waals surface area contributed by atoms with Gasteiger partial charge in [0.1, 0.15) is 5.75 Å². The molecule has 3 aromatic rings. The predicted molar refractivity (Wildman–Crippen MR) is 93.8 cm³/mol. The number of aromatic amines is 1. The minimum absolute atomic E-state index is 0.400. The van der Waals surface area contributed by atoms with E-state index in [1.54, 1.807) is 7.11 Å². The van der Waals surface area contributed by atoms with E-state index in [4.69, 9.17) is 4.74 Å². The molecule has 0 spiro atoms. The highest BCUT2D eigenvalue weighted by molar-refractivity contribution is 5.86. The number of nitrogens with zero attached hydrogens (tertiary/aromatic N) is 1. The summed E-state index contributed by atoms with van der Waals surface area (Å²) in [5.41, 5.74) is 5.39. The molecular weight excluding hydrogens is 284 g/mol. The zero-order valence-electron chi connectivity index (χ0n) is 13.7. The molecule has 2 heterocycles. The second-order valence-electron chi connectivity index (χ2n) is 6.31. The summed E-state index contributed by atoms with van der Waals surface area (Å²) in [6, 6.07) is 17.5. The normalized spacial score (nSPS) is 18.1. The summed E-state index contributed by atoms with van der Waals surface area (Å²) >= 11 is 0. The molecule has 0 fully saturated rings. The molecule has 1 aromatic heterocycles. The molecule has 0 saturated heterocycles. The van der Waals surface area contributed by atoms with E-state index in [1.807, 2.05) is 0 Å². The molecule has 0 amide bonds. The fourth-order valence-corrected chi connectivity index (χ4v) is 3.67. The second-order valence-corrected chi connectivity index (χ2v) is 6.31. The van der Waals surface area contributed by atoms with E-state index in [1.165, 1.54) is 27.7 Å². The number of rotatable bonds is 3. The van der Waals surface area contributed by atoms with Crippen LogP contribution in [0.3, 0.4) is 0 Å². The van der Waals surface area contributed by atoms with Crippen LogP contribution in [0.5, 0.6) is 5.75 Å². The van der Waals surface area contributed by atoms with Gasteiger partial charge in [-0.05, 0) is 36.6 Å². The molecule has 3 nitrogen and oxygen atoms in total. The van der Waals surface area contributed by atoms with Crippen LogP contribution in [0.25, 0.3) is 10.9 Å². The van der Waals surface area contributed by atoms with Crippen LogP contribution in [-0.4, -0.2) is 23.5 Å². The van der Waals surface area contributed by atoms with Gasteiger partial charge < -0.3 is 9.72 Å². The van der Waals surface area contributed by atoms with Crippen molar-refractivity contribution < 1.29 is 4.74 Å². The fourth-order valence-electron chi connectivity index (χ4n) is 3.67. The first-order valence-electron chi connectivity index (χ1n) is 8.22. The maximum Gasteiger partial charge on any atom is 0.120 e. The van der Waals surface area contributed by atoms with E-state index in [9.17, 15) is 0 Å². The van der Waals surface area contributed by atoms with Crippen molar-refractivity contribution in [3.05, 3.63) is 65.4 Å². The molecule has 1 atom stereocenters. The third-order valence-corrected chi connectivity index (χ3v) is 4.99. The average molecular weight is 306 g/mol. The van der Waals surface area contributed by atoms with E-state index in [2.05, 4.69) is 65.3 Å². The number of benzene rings is 2. The Labute approximate surface area is 136 Å². The smallest absolute Gasteiger partial charge is 0.120 e. The molecule has 1 N–H and O–H groups in total. The Morgan fingerprint density at radius 3 is 2.78 bits per heavy atom. The van der Waals surface area contributed by atoms with Crippen LogP contribution in [0, 0.1) is 0 Å². The average Bonchev–Trinajstić information content (AvgIpc) is 2.97. The van der Waals surface area contributed by atoms with Crippen molar-refractivity contribution in [3.8, 4) is 5.75 Å². The summed E-state index contributed by atoms with van der Waals surface area (Å²) in [4.78, 5) is 6.18. The second kappa shape index (κ2) is 5.74. The molecule has 0 saturated carbocycles. The molecule has 2 aromatic carbocycles. The van der Waals surface area contributed by atoms with Gasteiger partial charge in [-0.3, -0.25) is 4.90 Å². The number of ether oxygens (including phenoxy) is 1. The summed E-state index contributed by atoms with van der Waals surface area (Å²) in [7, 11) is 1.72. The molecule has 1 aliphatic heterocycles. The fraction of sp³-hybridized carbons (Fsp3) is 0.300. The topological polar surface area (TPSA) is 28.3 Å². The lowest BCUT2D eigenvalue weighted by Gasteiger charge is -2.33. The Bertz CT molecular complexity index is 822.